The predicted octanol–water partition coefficient (Wildman–Crippen LogP) is 5.35. The molecule has 0 bridgehead atoms. The van der Waals surface area contributed by atoms with Crippen molar-refractivity contribution in [3.63, 3.8) is 0 Å². The molecule has 0 spiro atoms. The molecule has 3 aromatic heterocycles. The van der Waals surface area contributed by atoms with Crippen molar-refractivity contribution >= 4 is 39.9 Å². The molecule has 0 radical (unpaired) electrons. The van der Waals surface area contributed by atoms with Crippen LogP contribution in [-0.4, -0.2) is 36.6 Å². The van der Waals surface area contributed by atoms with Gasteiger partial charge in [0.05, 0.1) is 28.6 Å². The lowest BCUT2D eigenvalue weighted by Crippen LogP contribution is -2.15. The molecule has 1 aliphatic carbocycles. The van der Waals surface area contributed by atoms with Crippen LogP contribution >= 0.6 is 11.6 Å². The van der Waals surface area contributed by atoms with E-state index in [-0.39, 0.29) is 5.02 Å². The number of hydrogen-bond donors (Lipinski definition) is 0. The molecule has 164 valence electrons. The number of halogens is 2. The third-order valence-corrected chi connectivity index (χ3v) is 6.73. The highest BCUT2D eigenvalue weighted by atomic mass is 35.5. The maximum absolute atomic E-state index is 14.4. The molecule has 0 aliphatic heterocycles. The summed E-state index contributed by atoms with van der Waals surface area (Å²) in [4.78, 5) is 15.6. The molecule has 0 unspecified atom stereocenters. The number of rotatable bonds is 4. The second-order valence-electron chi connectivity index (χ2n) is 8.68. The molecule has 2 aromatic carbocycles. The summed E-state index contributed by atoms with van der Waals surface area (Å²) in [5.74, 6) is 0.890. The average Bonchev–Trinajstić information content (AvgIpc) is 3.40. The van der Waals surface area contributed by atoms with E-state index < -0.39 is 5.82 Å². The molecule has 7 nitrogen and oxygen atoms in total. The van der Waals surface area contributed by atoms with Gasteiger partial charge >= 0.3 is 0 Å². The van der Waals surface area contributed by atoms with Crippen molar-refractivity contribution in [3.8, 4) is 11.3 Å². The topological polar surface area (TPSA) is 72.1 Å². The van der Waals surface area contributed by atoms with Crippen LogP contribution in [0, 0.1) is 5.82 Å². The van der Waals surface area contributed by atoms with Crippen molar-refractivity contribution in [1.82, 2.24) is 29.5 Å². The van der Waals surface area contributed by atoms with Crippen LogP contribution in [0.5, 0.6) is 0 Å². The Morgan fingerprint density at radius 3 is 2.64 bits per heavy atom. The van der Waals surface area contributed by atoms with Crippen LogP contribution in [0.25, 0.3) is 27.9 Å². The fraction of sp³-hybridized carbons (Fsp3) is 0.208. The van der Waals surface area contributed by atoms with Crippen molar-refractivity contribution in [2.75, 3.05) is 11.9 Å². The minimum absolute atomic E-state index is 0.0163. The maximum Gasteiger partial charge on any atom is 0.257 e. The van der Waals surface area contributed by atoms with Crippen LogP contribution in [-0.2, 0) is 5.41 Å². The lowest BCUT2D eigenvalue weighted by molar-refractivity contribution is 0.630. The Balaban J connectivity index is 1.43. The SMILES string of the molecule is CN(c1cncc(-c2ccc(C3(C)CC3)cc2)n1)c1nc2nncn2c2cc(Cl)c(F)cc12. The zero-order chi connectivity index (χ0) is 22.7. The minimum atomic E-state index is -0.530. The second-order valence-corrected chi connectivity index (χ2v) is 9.09. The molecule has 0 saturated heterocycles. The molecule has 3 heterocycles. The van der Waals surface area contributed by atoms with Crippen molar-refractivity contribution < 1.29 is 4.39 Å². The van der Waals surface area contributed by atoms with E-state index in [9.17, 15) is 4.39 Å². The molecular weight excluding hydrogens is 441 g/mol. The Labute approximate surface area is 193 Å². The Morgan fingerprint density at radius 2 is 1.88 bits per heavy atom. The van der Waals surface area contributed by atoms with Gasteiger partial charge in [-0.05, 0) is 36.0 Å². The van der Waals surface area contributed by atoms with E-state index in [0.717, 1.165) is 11.3 Å². The van der Waals surface area contributed by atoms with Crippen LogP contribution in [0.1, 0.15) is 25.3 Å². The van der Waals surface area contributed by atoms with Gasteiger partial charge in [0, 0.05) is 18.0 Å². The van der Waals surface area contributed by atoms with Crippen LogP contribution in [0.2, 0.25) is 5.02 Å². The number of hydrogen-bond acceptors (Lipinski definition) is 6. The van der Waals surface area contributed by atoms with Gasteiger partial charge in [-0.2, -0.15) is 4.98 Å². The monoisotopic (exact) mass is 459 g/mol. The zero-order valence-corrected chi connectivity index (χ0v) is 18.8. The first-order valence-electron chi connectivity index (χ1n) is 10.6. The smallest absolute Gasteiger partial charge is 0.257 e. The summed E-state index contributed by atoms with van der Waals surface area (Å²) >= 11 is 6.05. The summed E-state index contributed by atoms with van der Waals surface area (Å²) in [6.45, 7) is 2.29. The number of benzene rings is 2. The van der Waals surface area contributed by atoms with E-state index in [4.69, 9.17) is 16.6 Å². The fourth-order valence-corrected chi connectivity index (χ4v) is 4.24. The average molecular weight is 460 g/mol. The molecule has 1 aliphatic rings. The summed E-state index contributed by atoms with van der Waals surface area (Å²) in [6, 6.07) is 11.4. The first kappa shape index (κ1) is 20.0. The van der Waals surface area contributed by atoms with Crippen LogP contribution in [0.4, 0.5) is 16.0 Å². The first-order valence-corrected chi connectivity index (χ1v) is 11.0. The van der Waals surface area contributed by atoms with Crippen molar-refractivity contribution in [2.24, 2.45) is 0 Å². The van der Waals surface area contributed by atoms with Gasteiger partial charge in [-0.1, -0.05) is 42.8 Å². The molecule has 0 amide bonds. The van der Waals surface area contributed by atoms with Gasteiger partial charge in [-0.3, -0.25) is 9.38 Å². The quantitative estimate of drug-likeness (QED) is 0.361. The summed E-state index contributed by atoms with van der Waals surface area (Å²) in [6.07, 6.45) is 7.37. The third kappa shape index (κ3) is 3.29. The van der Waals surface area contributed by atoms with E-state index in [2.05, 4.69) is 51.4 Å². The summed E-state index contributed by atoms with van der Waals surface area (Å²) in [5, 5.41) is 8.56. The highest BCUT2D eigenvalue weighted by Crippen LogP contribution is 2.47. The number of fused-ring (bicyclic) bond motifs is 3. The van der Waals surface area contributed by atoms with E-state index >= 15 is 0 Å². The molecule has 9 heteroatoms. The van der Waals surface area contributed by atoms with E-state index in [0.29, 0.717) is 33.7 Å². The number of aromatic nitrogens is 6. The molecule has 5 aromatic rings. The van der Waals surface area contributed by atoms with Gasteiger partial charge in [0.1, 0.15) is 18.0 Å². The second kappa shape index (κ2) is 7.18. The van der Waals surface area contributed by atoms with E-state index in [1.165, 1.54) is 30.8 Å². The Bertz CT molecular complexity index is 1530. The van der Waals surface area contributed by atoms with Crippen LogP contribution < -0.4 is 4.90 Å². The molecule has 0 N–H and O–H groups in total. The van der Waals surface area contributed by atoms with Gasteiger partial charge in [0.15, 0.2) is 5.82 Å². The fourth-order valence-electron chi connectivity index (χ4n) is 4.08. The van der Waals surface area contributed by atoms with Crippen LogP contribution in [0.3, 0.4) is 0 Å². The molecule has 33 heavy (non-hydrogen) atoms. The Hall–Kier alpha value is -3.65. The molecule has 1 saturated carbocycles. The van der Waals surface area contributed by atoms with Crippen LogP contribution in [0.15, 0.2) is 55.1 Å². The predicted molar refractivity (Wildman–Crippen MR) is 125 cm³/mol. The maximum atomic E-state index is 14.4. The summed E-state index contributed by atoms with van der Waals surface area (Å²) < 4.78 is 16.0. The normalized spacial score (nSPS) is 14.7. The largest absolute Gasteiger partial charge is 0.312 e. The lowest BCUT2D eigenvalue weighted by atomic mass is 9.97. The highest BCUT2D eigenvalue weighted by Gasteiger charge is 2.38. The Kier molecular flexibility index (Phi) is 4.35. The lowest BCUT2D eigenvalue weighted by Gasteiger charge is -2.20. The number of nitrogens with zero attached hydrogens (tertiary/aromatic N) is 7. The molecule has 0 atom stereocenters. The van der Waals surface area contributed by atoms with Gasteiger partial charge in [-0.25, -0.2) is 9.37 Å². The molecular formula is C24H19ClFN7. The zero-order valence-electron chi connectivity index (χ0n) is 18.0. The molecule has 6 rings (SSSR count). The third-order valence-electron chi connectivity index (χ3n) is 6.44. The summed E-state index contributed by atoms with van der Waals surface area (Å²) in [5.41, 5.74) is 4.04. The minimum Gasteiger partial charge on any atom is -0.312 e. The van der Waals surface area contributed by atoms with Crippen molar-refractivity contribution in [3.05, 3.63) is 71.5 Å². The standard InChI is InChI=1S/C24H19ClFN7/c1-24(7-8-24)15-5-3-14(4-6-15)19-11-27-12-21(29-19)32(2)22-16-9-18(26)17(25)10-20(16)33-13-28-31-23(33)30-22/h3-6,9-13H,7-8H2,1-2H3. The van der Waals surface area contributed by atoms with Gasteiger partial charge < -0.3 is 4.90 Å². The highest BCUT2D eigenvalue weighted by molar-refractivity contribution is 6.31. The van der Waals surface area contributed by atoms with E-state index in [1.54, 1.807) is 27.8 Å². The first-order chi connectivity index (χ1) is 15.9. The van der Waals surface area contributed by atoms with Gasteiger partial charge in [-0.15, -0.1) is 10.2 Å². The van der Waals surface area contributed by atoms with Gasteiger partial charge in [0.2, 0.25) is 0 Å². The Morgan fingerprint density at radius 1 is 1.09 bits per heavy atom. The van der Waals surface area contributed by atoms with Crippen molar-refractivity contribution in [2.45, 2.75) is 25.2 Å². The number of anilines is 2. The molecule has 1 fully saturated rings. The van der Waals surface area contributed by atoms with Gasteiger partial charge in [0.25, 0.3) is 5.78 Å². The van der Waals surface area contributed by atoms with E-state index in [1.807, 2.05) is 7.05 Å². The summed E-state index contributed by atoms with van der Waals surface area (Å²) in [7, 11) is 1.81. The van der Waals surface area contributed by atoms with Crippen molar-refractivity contribution in [1.29, 1.82) is 0 Å².